The van der Waals surface area contributed by atoms with Crippen molar-refractivity contribution in [1.29, 1.82) is 0 Å². The monoisotopic (exact) mass is 393 g/mol. The number of rotatable bonds is 4. The molecular weight excluding hydrogens is 366 g/mol. The third kappa shape index (κ3) is 4.19. The molecule has 3 aromatic rings. The number of benzene rings is 1. The number of imidazole rings is 1. The molecule has 3 heterocycles. The van der Waals surface area contributed by atoms with Crippen LogP contribution >= 0.6 is 0 Å². The zero-order chi connectivity index (χ0) is 20.4. The second-order valence-electron chi connectivity index (χ2n) is 7.48. The molecule has 2 amide bonds. The Morgan fingerprint density at radius 2 is 2.00 bits per heavy atom. The maximum Gasteiger partial charge on any atom is 0.319 e. The van der Waals surface area contributed by atoms with E-state index in [-0.39, 0.29) is 18.2 Å². The van der Waals surface area contributed by atoms with Gasteiger partial charge in [-0.3, -0.25) is 4.40 Å². The number of fused-ring (bicyclic) bond motifs is 1. The number of urea groups is 1. The third-order valence-electron chi connectivity index (χ3n) is 5.04. The van der Waals surface area contributed by atoms with Crippen molar-refractivity contribution in [2.24, 2.45) is 0 Å². The quantitative estimate of drug-likeness (QED) is 0.708. The molecule has 1 aliphatic rings. The predicted octanol–water partition coefficient (Wildman–Crippen LogP) is 3.76. The van der Waals surface area contributed by atoms with E-state index in [1.54, 1.807) is 0 Å². The van der Waals surface area contributed by atoms with Crippen LogP contribution in [0, 0.1) is 0 Å². The van der Waals surface area contributed by atoms with Crippen LogP contribution in [0.2, 0.25) is 0 Å². The molecule has 7 heteroatoms. The zero-order valence-electron chi connectivity index (χ0n) is 17.1. The highest BCUT2D eigenvalue weighted by molar-refractivity contribution is 5.90. The van der Waals surface area contributed by atoms with Gasteiger partial charge in [0.1, 0.15) is 5.65 Å². The van der Waals surface area contributed by atoms with E-state index >= 15 is 0 Å². The summed E-state index contributed by atoms with van der Waals surface area (Å²) in [5.74, 6) is 0. The molecule has 2 atom stereocenters. The van der Waals surface area contributed by atoms with Gasteiger partial charge in [-0.15, -0.1) is 0 Å². The van der Waals surface area contributed by atoms with E-state index < -0.39 is 0 Å². The summed E-state index contributed by atoms with van der Waals surface area (Å²) in [7, 11) is 0. The fourth-order valence-corrected chi connectivity index (χ4v) is 3.86. The molecule has 0 saturated carbocycles. The van der Waals surface area contributed by atoms with Gasteiger partial charge in [0.15, 0.2) is 0 Å². The van der Waals surface area contributed by atoms with Gasteiger partial charge in [0, 0.05) is 48.8 Å². The number of carbonyl (C=O) groups excluding carboxylic acids is 1. The van der Waals surface area contributed by atoms with E-state index in [9.17, 15) is 4.79 Å². The minimum atomic E-state index is -0.207. The molecule has 1 fully saturated rings. The molecule has 2 aromatic heterocycles. The van der Waals surface area contributed by atoms with Crippen LogP contribution in [0.5, 0.6) is 0 Å². The van der Waals surface area contributed by atoms with Crippen LogP contribution in [0.4, 0.5) is 16.2 Å². The summed E-state index contributed by atoms with van der Waals surface area (Å²) in [5, 5.41) is 5.60. The predicted molar refractivity (Wildman–Crippen MR) is 116 cm³/mol. The maximum atomic E-state index is 11.8. The van der Waals surface area contributed by atoms with Gasteiger partial charge in [-0.1, -0.05) is 12.1 Å². The minimum Gasteiger partial charge on any atom is -0.372 e. The average Bonchev–Trinajstić information content (AvgIpc) is 3.11. The summed E-state index contributed by atoms with van der Waals surface area (Å²) in [4.78, 5) is 18.8. The van der Waals surface area contributed by atoms with Crippen LogP contribution in [0.25, 0.3) is 16.9 Å². The molecule has 0 bridgehead atoms. The van der Waals surface area contributed by atoms with Gasteiger partial charge in [-0.05, 0) is 39.0 Å². The Morgan fingerprint density at radius 3 is 2.76 bits per heavy atom. The number of aromatic nitrogens is 2. The molecular formula is C22H27N5O2. The number of anilines is 2. The third-order valence-corrected chi connectivity index (χ3v) is 5.04. The normalized spacial score (nSPS) is 19.3. The van der Waals surface area contributed by atoms with E-state index in [0.717, 1.165) is 41.4 Å². The number of hydrogen-bond acceptors (Lipinski definition) is 4. The Kier molecular flexibility index (Phi) is 5.40. The molecule has 0 radical (unpaired) electrons. The Balaban J connectivity index is 1.60. The SMILES string of the molecule is CCNC(=O)Nc1cccc(-c2cnc3cc(N4CC(C)OC(C)C4)ccn23)c1. The lowest BCUT2D eigenvalue weighted by Crippen LogP contribution is -2.45. The lowest BCUT2D eigenvalue weighted by atomic mass is 10.1. The standard InChI is InChI=1S/C22H27N5O2/c1-4-23-22(28)25-18-7-5-6-17(10-18)20-12-24-21-11-19(8-9-27(20)21)26-13-15(2)29-16(3)14-26/h5-12,15-16H,4,13-14H2,1-3H3,(H2,23,25,28). The number of hydrogen-bond donors (Lipinski definition) is 2. The fraction of sp³-hybridized carbons (Fsp3) is 0.364. The fourth-order valence-electron chi connectivity index (χ4n) is 3.86. The number of pyridine rings is 1. The largest absolute Gasteiger partial charge is 0.372 e. The van der Waals surface area contributed by atoms with E-state index in [4.69, 9.17) is 4.74 Å². The highest BCUT2D eigenvalue weighted by Gasteiger charge is 2.22. The van der Waals surface area contributed by atoms with E-state index in [2.05, 4.69) is 57.1 Å². The maximum absolute atomic E-state index is 11.8. The van der Waals surface area contributed by atoms with Crippen molar-refractivity contribution < 1.29 is 9.53 Å². The Hall–Kier alpha value is -3.06. The topological polar surface area (TPSA) is 70.9 Å². The highest BCUT2D eigenvalue weighted by atomic mass is 16.5. The lowest BCUT2D eigenvalue weighted by molar-refractivity contribution is -0.00521. The molecule has 1 aliphatic heterocycles. The van der Waals surface area contributed by atoms with Gasteiger partial charge >= 0.3 is 6.03 Å². The summed E-state index contributed by atoms with van der Waals surface area (Å²) < 4.78 is 7.92. The van der Waals surface area contributed by atoms with Crippen LogP contribution in [0.15, 0.2) is 48.8 Å². The van der Waals surface area contributed by atoms with Crippen molar-refractivity contribution in [2.75, 3.05) is 29.9 Å². The van der Waals surface area contributed by atoms with Crippen molar-refractivity contribution in [3.05, 3.63) is 48.8 Å². The molecule has 4 rings (SSSR count). The van der Waals surface area contributed by atoms with Crippen LogP contribution < -0.4 is 15.5 Å². The van der Waals surface area contributed by atoms with Gasteiger partial charge in [-0.2, -0.15) is 0 Å². The Labute approximate surface area is 170 Å². The van der Waals surface area contributed by atoms with Crippen molar-refractivity contribution in [3.63, 3.8) is 0 Å². The zero-order valence-corrected chi connectivity index (χ0v) is 17.1. The molecule has 2 unspecified atom stereocenters. The second-order valence-corrected chi connectivity index (χ2v) is 7.48. The summed E-state index contributed by atoms with van der Waals surface area (Å²) >= 11 is 0. The number of nitrogens with one attached hydrogen (secondary N) is 2. The van der Waals surface area contributed by atoms with Crippen molar-refractivity contribution in [2.45, 2.75) is 33.0 Å². The second kappa shape index (κ2) is 8.13. The number of amides is 2. The highest BCUT2D eigenvalue weighted by Crippen LogP contribution is 2.27. The van der Waals surface area contributed by atoms with Gasteiger partial charge in [0.05, 0.1) is 24.1 Å². The molecule has 1 aromatic carbocycles. The van der Waals surface area contributed by atoms with Crippen LogP contribution in [0.3, 0.4) is 0 Å². The minimum absolute atomic E-state index is 0.207. The summed E-state index contributed by atoms with van der Waals surface area (Å²) in [6, 6.07) is 11.8. The molecule has 0 aliphatic carbocycles. The van der Waals surface area contributed by atoms with Crippen LogP contribution in [0.1, 0.15) is 20.8 Å². The summed E-state index contributed by atoms with van der Waals surface area (Å²) in [5.41, 5.74) is 4.77. The van der Waals surface area contributed by atoms with Crippen molar-refractivity contribution in [3.8, 4) is 11.3 Å². The molecule has 7 nitrogen and oxygen atoms in total. The molecule has 1 saturated heterocycles. The van der Waals surface area contributed by atoms with Gasteiger partial charge in [0.25, 0.3) is 0 Å². The first-order valence-corrected chi connectivity index (χ1v) is 10.1. The number of morpholine rings is 1. The summed E-state index contributed by atoms with van der Waals surface area (Å²) in [6.45, 7) is 8.44. The Bertz CT molecular complexity index is 1010. The summed E-state index contributed by atoms with van der Waals surface area (Å²) in [6.07, 6.45) is 4.35. The first kappa shape index (κ1) is 19.3. The number of ether oxygens (including phenoxy) is 1. The number of carbonyl (C=O) groups is 1. The van der Waals surface area contributed by atoms with Crippen LogP contribution in [-0.4, -0.2) is 47.3 Å². The lowest BCUT2D eigenvalue weighted by Gasteiger charge is -2.36. The van der Waals surface area contributed by atoms with Gasteiger partial charge in [0.2, 0.25) is 0 Å². The van der Waals surface area contributed by atoms with Crippen LogP contribution in [-0.2, 0) is 4.74 Å². The van der Waals surface area contributed by atoms with E-state index in [1.807, 2.05) is 37.4 Å². The molecule has 29 heavy (non-hydrogen) atoms. The first-order valence-electron chi connectivity index (χ1n) is 10.1. The number of nitrogens with zero attached hydrogens (tertiary/aromatic N) is 3. The van der Waals surface area contributed by atoms with E-state index in [1.165, 1.54) is 0 Å². The van der Waals surface area contributed by atoms with Crippen molar-refractivity contribution >= 4 is 23.1 Å². The average molecular weight is 393 g/mol. The Morgan fingerprint density at radius 1 is 1.21 bits per heavy atom. The molecule has 0 spiro atoms. The smallest absolute Gasteiger partial charge is 0.319 e. The first-order chi connectivity index (χ1) is 14.0. The van der Waals surface area contributed by atoms with Crippen molar-refractivity contribution in [1.82, 2.24) is 14.7 Å². The van der Waals surface area contributed by atoms with Gasteiger partial charge in [-0.25, -0.2) is 9.78 Å². The molecule has 152 valence electrons. The molecule has 2 N–H and O–H groups in total. The van der Waals surface area contributed by atoms with Gasteiger partial charge < -0.3 is 20.3 Å². The van der Waals surface area contributed by atoms with E-state index in [0.29, 0.717) is 6.54 Å².